The Bertz CT molecular complexity index is 2970. The zero-order valence-corrected chi connectivity index (χ0v) is 28.7. The van der Waals surface area contributed by atoms with Gasteiger partial charge in [-0.3, -0.25) is 0 Å². The Labute approximate surface area is 303 Å². The zero-order valence-electron chi connectivity index (χ0n) is 27.9. The van der Waals surface area contributed by atoms with E-state index in [-0.39, 0.29) is 0 Å². The first kappa shape index (κ1) is 29.1. The van der Waals surface area contributed by atoms with Gasteiger partial charge in [0.1, 0.15) is 22.3 Å². The summed E-state index contributed by atoms with van der Waals surface area (Å²) < 4.78 is 15.0. The third-order valence-corrected chi connectivity index (χ3v) is 11.5. The number of anilines is 3. The fourth-order valence-corrected chi connectivity index (χ4v) is 8.96. The second kappa shape index (κ2) is 11.5. The molecular weight excluding hydrogens is 655 g/mol. The maximum Gasteiger partial charge on any atom is 0.136 e. The van der Waals surface area contributed by atoms with Gasteiger partial charge in [-0.15, -0.1) is 11.3 Å². The highest BCUT2D eigenvalue weighted by atomic mass is 32.1. The van der Waals surface area contributed by atoms with Gasteiger partial charge < -0.3 is 13.7 Å². The van der Waals surface area contributed by atoms with Crippen LogP contribution in [-0.2, 0) is 0 Å². The molecule has 0 saturated heterocycles. The summed E-state index contributed by atoms with van der Waals surface area (Å²) in [7, 11) is 0. The Balaban J connectivity index is 1.01. The lowest BCUT2D eigenvalue weighted by Gasteiger charge is -2.26. The number of nitrogens with zero attached hydrogens (tertiary/aromatic N) is 1. The minimum atomic E-state index is 0.903. The molecule has 0 aliphatic carbocycles. The zero-order chi connectivity index (χ0) is 34.2. The molecule has 8 aromatic carbocycles. The highest BCUT2D eigenvalue weighted by Gasteiger charge is 2.19. The first-order chi connectivity index (χ1) is 25.7. The molecule has 0 aliphatic heterocycles. The van der Waals surface area contributed by atoms with Crippen molar-refractivity contribution >= 4 is 92.4 Å². The van der Waals surface area contributed by atoms with E-state index >= 15 is 0 Å². The van der Waals surface area contributed by atoms with Gasteiger partial charge >= 0.3 is 0 Å². The van der Waals surface area contributed by atoms with Crippen LogP contribution in [0.3, 0.4) is 0 Å². The van der Waals surface area contributed by atoms with Gasteiger partial charge in [0.05, 0.1) is 10.4 Å². The van der Waals surface area contributed by atoms with E-state index in [9.17, 15) is 0 Å². The lowest BCUT2D eigenvalue weighted by Crippen LogP contribution is -2.10. The van der Waals surface area contributed by atoms with Crippen LogP contribution < -0.4 is 4.90 Å². The summed E-state index contributed by atoms with van der Waals surface area (Å²) in [6.45, 7) is 0. The van der Waals surface area contributed by atoms with E-state index in [1.807, 2.05) is 35.6 Å². The van der Waals surface area contributed by atoms with Crippen LogP contribution in [0.25, 0.3) is 86.3 Å². The molecule has 11 aromatic rings. The number of furan rings is 2. The summed E-state index contributed by atoms with van der Waals surface area (Å²) >= 11 is 1.85. The van der Waals surface area contributed by atoms with Crippen molar-refractivity contribution in [3.63, 3.8) is 0 Å². The summed E-state index contributed by atoms with van der Waals surface area (Å²) in [5.41, 5.74) is 11.5. The molecule has 0 radical (unpaired) electrons. The molecule has 0 unspecified atom stereocenters. The summed E-state index contributed by atoms with van der Waals surface area (Å²) in [5, 5.41) is 7.13. The minimum absolute atomic E-state index is 0.903. The highest BCUT2D eigenvalue weighted by molar-refractivity contribution is 7.26. The molecule has 0 saturated carbocycles. The number of para-hydroxylation sites is 2. The average Bonchev–Trinajstić information content (AvgIpc) is 3.89. The number of benzene rings is 8. The average molecular weight is 684 g/mol. The van der Waals surface area contributed by atoms with Crippen molar-refractivity contribution in [2.45, 2.75) is 0 Å². The van der Waals surface area contributed by atoms with Crippen molar-refractivity contribution in [1.82, 2.24) is 0 Å². The van der Waals surface area contributed by atoms with Gasteiger partial charge in [0.15, 0.2) is 0 Å². The van der Waals surface area contributed by atoms with Gasteiger partial charge in [-0.1, -0.05) is 103 Å². The molecule has 0 atom stereocenters. The molecule has 0 bridgehead atoms. The largest absolute Gasteiger partial charge is 0.456 e. The van der Waals surface area contributed by atoms with Crippen LogP contribution in [0.1, 0.15) is 0 Å². The number of hydrogen-bond donors (Lipinski definition) is 0. The van der Waals surface area contributed by atoms with Gasteiger partial charge in [-0.2, -0.15) is 0 Å². The van der Waals surface area contributed by atoms with E-state index in [1.165, 1.54) is 20.2 Å². The fourth-order valence-electron chi connectivity index (χ4n) is 7.75. The Morgan fingerprint density at radius 2 is 0.808 bits per heavy atom. The Hall–Kier alpha value is -6.62. The van der Waals surface area contributed by atoms with Crippen LogP contribution in [0, 0.1) is 0 Å². The van der Waals surface area contributed by atoms with Crippen molar-refractivity contribution in [2.75, 3.05) is 4.90 Å². The Morgan fingerprint density at radius 1 is 0.346 bits per heavy atom. The van der Waals surface area contributed by atoms with Gasteiger partial charge in [-0.25, -0.2) is 0 Å². The number of hydrogen-bond acceptors (Lipinski definition) is 4. The molecule has 3 nitrogen and oxygen atoms in total. The highest BCUT2D eigenvalue weighted by Crippen LogP contribution is 2.45. The van der Waals surface area contributed by atoms with E-state index in [1.54, 1.807) is 0 Å². The molecule has 3 aromatic heterocycles. The monoisotopic (exact) mass is 683 g/mol. The molecule has 0 spiro atoms. The SMILES string of the molecule is c1ccc2c(c1)oc1cc(-c3ccc(N(c4ccc(-c5ccc6c(c5)oc5ccccc56)cc4)c4cccc5c4sc4ccccc45)cc3)ccc12. The van der Waals surface area contributed by atoms with E-state index in [4.69, 9.17) is 8.83 Å². The normalized spacial score (nSPS) is 11.8. The Kier molecular flexibility index (Phi) is 6.42. The number of thiophene rings is 1. The smallest absolute Gasteiger partial charge is 0.136 e. The molecule has 0 N–H and O–H groups in total. The standard InChI is InChI=1S/C48H29NO2S/c1-4-13-43-36(8-1)38-26-20-32(28-45(38)50-43)30-16-22-34(23-17-30)49(42-12-7-11-41-40-10-3-6-15-47(40)52-48(41)42)35-24-18-31(19-25-35)33-21-27-39-37-9-2-5-14-44(37)51-46(39)29-33/h1-29H. The van der Waals surface area contributed by atoms with Crippen LogP contribution in [0.15, 0.2) is 185 Å². The first-order valence-electron chi connectivity index (χ1n) is 17.5. The molecule has 52 heavy (non-hydrogen) atoms. The quantitative estimate of drug-likeness (QED) is 0.181. The molecule has 0 aliphatic rings. The van der Waals surface area contributed by atoms with E-state index in [0.29, 0.717) is 0 Å². The van der Waals surface area contributed by atoms with E-state index in [2.05, 4.69) is 157 Å². The third kappa shape index (κ3) is 4.58. The maximum atomic E-state index is 6.22. The molecule has 3 heterocycles. The van der Waals surface area contributed by atoms with Gasteiger partial charge in [0.25, 0.3) is 0 Å². The second-order valence-electron chi connectivity index (χ2n) is 13.3. The number of fused-ring (bicyclic) bond motifs is 9. The summed E-state index contributed by atoms with van der Waals surface area (Å²) in [6.07, 6.45) is 0. The lowest BCUT2D eigenvalue weighted by molar-refractivity contribution is 0.668. The summed E-state index contributed by atoms with van der Waals surface area (Å²) in [6, 6.07) is 62.6. The van der Waals surface area contributed by atoms with Gasteiger partial charge in [0.2, 0.25) is 0 Å². The van der Waals surface area contributed by atoms with Crippen molar-refractivity contribution in [2.24, 2.45) is 0 Å². The molecule has 4 heteroatoms. The van der Waals surface area contributed by atoms with Crippen LogP contribution in [0.2, 0.25) is 0 Å². The topological polar surface area (TPSA) is 29.5 Å². The second-order valence-corrected chi connectivity index (χ2v) is 14.4. The number of rotatable bonds is 5. The van der Waals surface area contributed by atoms with Crippen molar-refractivity contribution < 1.29 is 8.83 Å². The predicted molar refractivity (Wildman–Crippen MR) is 219 cm³/mol. The maximum absolute atomic E-state index is 6.22. The predicted octanol–water partition coefficient (Wildman–Crippen LogP) is 14.7. The third-order valence-electron chi connectivity index (χ3n) is 10.3. The van der Waals surface area contributed by atoms with Crippen LogP contribution in [-0.4, -0.2) is 0 Å². The van der Waals surface area contributed by atoms with Crippen LogP contribution in [0.5, 0.6) is 0 Å². The van der Waals surface area contributed by atoms with Crippen LogP contribution >= 0.6 is 11.3 Å². The van der Waals surface area contributed by atoms with Gasteiger partial charge in [0, 0.05) is 48.4 Å². The van der Waals surface area contributed by atoms with Crippen LogP contribution in [0.4, 0.5) is 17.1 Å². The summed E-state index contributed by atoms with van der Waals surface area (Å²) in [5.74, 6) is 0. The molecule has 0 fully saturated rings. The minimum Gasteiger partial charge on any atom is -0.456 e. The molecule has 11 rings (SSSR count). The first-order valence-corrected chi connectivity index (χ1v) is 18.3. The lowest BCUT2D eigenvalue weighted by atomic mass is 10.0. The van der Waals surface area contributed by atoms with Crippen molar-refractivity contribution in [3.05, 3.63) is 176 Å². The Morgan fingerprint density at radius 3 is 1.38 bits per heavy atom. The molecule has 244 valence electrons. The van der Waals surface area contributed by atoms with E-state index in [0.717, 1.165) is 83.2 Å². The van der Waals surface area contributed by atoms with Gasteiger partial charge in [-0.05, 0) is 95.1 Å². The van der Waals surface area contributed by atoms with Crippen molar-refractivity contribution in [3.8, 4) is 22.3 Å². The molecular formula is C48H29NO2S. The molecule has 0 amide bonds. The fraction of sp³-hybridized carbons (Fsp3) is 0. The summed E-state index contributed by atoms with van der Waals surface area (Å²) in [4.78, 5) is 2.39. The van der Waals surface area contributed by atoms with Crippen molar-refractivity contribution in [1.29, 1.82) is 0 Å². The van der Waals surface area contributed by atoms with E-state index < -0.39 is 0 Å².